The summed E-state index contributed by atoms with van der Waals surface area (Å²) in [6, 6.07) is 17.4. The van der Waals surface area contributed by atoms with Gasteiger partial charge in [-0.25, -0.2) is 0 Å². The summed E-state index contributed by atoms with van der Waals surface area (Å²) in [5.74, 6) is 0.468. The molecule has 3 rings (SSSR count). The summed E-state index contributed by atoms with van der Waals surface area (Å²) in [5, 5.41) is 2.92. The van der Waals surface area contributed by atoms with Crippen molar-refractivity contribution in [2.75, 3.05) is 13.7 Å². The first-order valence-electron chi connectivity index (χ1n) is 8.38. The summed E-state index contributed by atoms with van der Waals surface area (Å²) in [6.07, 6.45) is 0.279. The maximum atomic E-state index is 12.4. The van der Waals surface area contributed by atoms with Gasteiger partial charge in [0.15, 0.2) is 0 Å². The van der Waals surface area contributed by atoms with Crippen LogP contribution in [0.3, 0.4) is 0 Å². The molecule has 1 fully saturated rings. The lowest BCUT2D eigenvalue weighted by Gasteiger charge is -2.16. The first kappa shape index (κ1) is 17.0. The van der Waals surface area contributed by atoms with Crippen molar-refractivity contribution in [1.29, 1.82) is 0 Å². The van der Waals surface area contributed by atoms with Crippen molar-refractivity contribution in [1.82, 2.24) is 10.2 Å². The molecular weight excluding hydrogens is 316 g/mol. The zero-order valence-corrected chi connectivity index (χ0v) is 14.3. The molecule has 25 heavy (non-hydrogen) atoms. The molecule has 2 amide bonds. The van der Waals surface area contributed by atoms with Crippen molar-refractivity contribution >= 4 is 11.8 Å². The number of hydrogen-bond acceptors (Lipinski definition) is 3. The third-order valence-corrected chi connectivity index (χ3v) is 4.43. The van der Waals surface area contributed by atoms with E-state index in [0.717, 1.165) is 16.9 Å². The number of hydrogen-bond donors (Lipinski definition) is 1. The van der Waals surface area contributed by atoms with E-state index < -0.39 is 0 Å². The Labute approximate surface area is 147 Å². The van der Waals surface area contributed by atoms with Crippen LogP contribution >= 0.6 is 0 Å². The number of amides is 2. The second-order valence-electron chi connectivity index (χ2n) is 6.23. The normalized spacial score (nSPS) is 16.8. The van der Waals surface area contributed by atoms with Crippen molar-refractivity contribution in [2.45, 2.75) is 19.5 Å². The van der Waals surface area contributed by atoms with Gasteiger partial charge in [-0.15, -0.1) is 0 Å². The average Bonchev–Trinajstić information content (AvgIpc) is 3.01. The van der Waals surface area contributed by atoms with Crippen LogP contribution in [0.1, 0.15) is 17.5 Å². The summed E-state index contributed by atoms with van der Waals surface area (Å²) in [5.41, 5.74) is 2.08. The second kappa shape index (κ2) is 7.83. The van der Waals surface area contributed by atoms with Crippen LogP contribution in [0.2, 0.25) is 0 Å². The molecule has 2 aromatic rings. The van der Waals surface area contributed by atoms with Crippen LogP contribution in [0.15, 0.2) is 54.6 Å². The Morgan fingerprint density at radius 3 is 2.52 bits per heavy atom. The molecule has 5 heteroatoms. The fourth-order valence-electron chi connectivity index (χ4n) is 2.98. The molecule has 1 heterocycles. The second-order valence-corrected chi connectivity index (χ2v) is 6.23. The van der Waals surface area contributed by atoms with E-state index in [4.69, 9.17) is 4.74 Å². The lowest BCUT2D eigenvalue weighted by atomic mass is 10.1. The monoisotopic (exact) mass is 338 g/mol. The molecular formula is C20H22N2O3. The fourth-order valence-corrected chi connectivity index (χ4v) is 2.98. The number of carbonyl (C=O) groups excluding carboxylic acids is 2. The topological polar surface area (TPSA) is 58.6 Å². The van der Waals surface area contributed by atoms with Crippen LogP contribution in [0.25, 0.3) is 0 Å². The number of ether oxygens (including phenoxy) is 1. The Balaban J connectivity index is 1.51. The van der Waals surface area contributed by atoms with Crippen molar-refractivity contribution in [2.24, 2.45) is 5.92 Å². The maximum absolute atomic E-state index is 12.4. The SMILES string of the molecule is COc1ccc(CNC(=O)[C@H]2CC(=O)N(Cc3ccccc3)C2)cc1. The summed E-state index contributed by atoms with van der Waals surface area (Å²) in [6.45, 7) is 1.48. The van der Waals surface area contributed by atoms with Crippen LogP contribution < -0.4 is 10.1 Å². The van der Waals surface area contributed by atoms with E-state index in [9.17, 15) is 9.59 Å². The Morgan fingerprint density at radius 2 is 1.84 bits per heavy atom. The van der Waals surface area contributed by atoms with E-state index in [0.29, 0.717) is 19.6 Å². The van der Waals surface area contributed by atoms with E-state index >= 15 is 0 Å². The van der Waals surface area contributed by atoms with Gasteiger partial charge in [-0.1, -0.05) is 42.5 Å². The first-order valence-corrected chi connectivity index (χ1v) is 8.38. The Hall–Kier alpha value is -2.82. The van der Waals surface area contributed by atoms with E-state index in [-0.39, 0.29) is 24.2 Å². The molecule has 0 bridgehead atoms. The summed E-state index contributed by atoms with van der Waals surface area (Å²) in [7, 11) is 1.62. The van der Waals surface area contributed by atoms with Crippen LogP contribution in [0.4, 0.5) is 0 Å². The van der Waals surface area contributed by atoms with Crippen LogP contribution in [0, 0.1) is 5.92 Å². The number of carbonyl (C=O) groups is 2. The number of benzene rings is 2. The van der Waals surface area contributed by atoms with Crippen molar-refractivity contribution in [3.8, 4) is 5.75 Å². The third kappa shape index (κ3) is 4.38. The van der Waals surface area contributed by atoms with Gasteiger partial charge in [-0.2, -0.15) is 0 Å². The van der Waals surface area contributed by atoms with E-state index in [1.165, 1.54) is 0 Å². The Kier molecular flexibility index (Phi) is 5.33. The van der Waals surface area contributed by atoms with Gasteiger partial charge in [-0.05, 0) is 23.3 Å². The molecule has 2 aromatic carbocycles. The van der Waals surface area contributed by atoms with Gasteiger partial charge in [0.05, 0.1) is 13.0 Å². The molecule has 130 valence electrons. The minimum atomic E-state index is -0.283. The smallest absolute Gasteiger partial charge is 0.225 e. The molecule has 0 saturated carbocycles. The summed E-state index contributed by atoms with van der Waals surface area (Å²) in [4.78, 5) is 26.3. The molecule has 0 aromatic heterocycles. The Morgan fingerprint density at radius 1 is 1.12 bits per heavy atom. The van der Waals surface area contributed by atoms with Gasteiger partial charge in [0, 0.05) is 26.1 Å². The molecule has 1 atom stereocenters. The van der Waals surface area contributed by atoms with Crippen LogP contribution in [0.5, 0.6) is 5.75 Å². The number of rotatable bonds is 6. The number of likely N-dealkylation sites (tertiary alicyclic amines) is 1. The van der Waals surface area contributed by atoms with Crippen molar-refractivity contribution < 1.29 is 14.3 Å². The zero-order chi connectivity index (χ0) is 17.6. The van der Waals surface area contributed by atoms with Crippen LogP contribution in [-0.4, -0.2) is 30.4 Å². The van der Waals surface area contributed by atoms with E-state index in [1.54, 1.807) is 12.0 Å². The van der Waals surface area contributed by atoms with Crippen molar-refractivity contribution in [3.63, 3.8) is 0 Å². The highest BCUT2D eigenvalue weighted by Crippen LogP contribution is 2.20. The van der Waals surface area contributed by atoms with Crippen LogP contribution in [-0.2, 0) is 22.7 Å². The quantitative estimate of drug-likeness (QED) is 0.880. The van der Waals surface area contributed by atoms with E-state index in [2.05, 4.69) is 5.32 Å². The minimum absolute atomic E-state index is 0.0356. The highest BCUT2D eigenvalue weighted by Gasteiger charge is 2.33. The number of nitrogens with one attached hydrogen (secondary N) is 1. The van der Waals surface area contributed by atoms with Gasteiger partial charge < -0.3 is 15.0 Å². The standard InChI is InChI=1S/C20H22N2O3/c1-25-18-9-7-15(8-10-18)12-21-20(24)17-11-19(23)22(14-17)13-16-5-3-2-4-6-16/h2-10,17H,11-14H2,1H3,(H,21,24)/t17-/m0/s1. The largest absolute Gasteiger partial charge is 0.497 e. The van der Waals surface area contributed by atoms with Gasteiger partial charge in [0.25, 0.3) is 0 Å². The molecule has 0 radical (unpaired) electrons. The molecule has 0 unspecified atom stereocenters. The first-order chi connectivity index (χ1) is 12.2. The van der Waals surface area contributed by atoms with Gasteiger partial charge in [-0.3, -0.25) is 9.59 Å². The highest BCUT2D eigenvalue weighted by atomic mass is 16.5. The van der Waals surface area contributed by atoms with Gasteiger partial charge in [0.2, 0.25) is 11.8 Å². The van der Waals surface area contributed by atoms with Gasteiger partial charge in [0.1, 0.15) is 5.75 Å². The van der Waals surface area contributed by atoms with Gasteiger partial charge >= 0.3 is 0 Å². The molecule has 1 aliphatic rings. The molecule has 1 saturated heterocycles. The average molecular weight is 338 g/mol. The minimum Gasteiger partial charge on any atom is -0.497 e. The lowest BCUT2D eigenvalue weighted by molar-refractivity contribution is -0.129. The fraction of sp³-hybridized carbons (Fsp3) is 0.300. The predicted molar refractivity (Wildman–Crippen MR) is 94.8 cm³/mol. The lowest BCUT2D eigenvalue weighted by Crippen LogP contribution is -2.32. The molecule has 5 nitrogen and oxygen atoms in total. The highest BCUT2D eigenvalue weighted by molar-refractivity contribution is 5.89. The third-order valence-electron chi connectivity index (χ3n) is 4.43. The molecule has 1 aliphatic heterocycles. The summed E-state index contributed by atoms with van der Waals surface area (Å²) >= 11 is 0. The number of nitrogens with zero attached hydrogens (tertiary/aromatic N) is 1. The predicted octanol–water partition coefficient (Wildman–Crippen LogP) is 2.36. The molecule has 1 N–H and O–H groups in total. The summed E-state index contributed by atoms with van der Waals surface area (Å²) < 4.78 is 5.12. The van der Waals surface area contributed by atoms with Crippen molar-refractivity contribution in [3.05, 3.63) is 65.7 Å². The van der Waals surface area contributed by atoms with E-state index in [1.807, 2.05) is 54.6 Å². The molecule has 0 spiro atoms. The Bertz CT molecular complexity index is 728. The number of methoxy groups -OCH3 is 1. The maximum Gasteiger partial charge on any atom is 0.225 e. The molecule has 0 aliphatic carbocycles. The zero-order valence-electron chi connectivity index (χ0n) is 14.3.